The molecule has 0 radical (unpaired) electrons. The maximum atomic E-state index is 11.5. The predicted octanol–water partition coefficient (Wildman–Crippen LogP) is 1.97. The molecule has 1 N–H and O–H groups in total. The van der Waals surface area contributed by atoms with Crippen molar-refractivity contribution in [1.29, 1.82) is 0 Å². The molecule has 0 unspecified atom stereocenters. The van der Waals surface area contributed by atoms with Gasteiger partial charge in [-0.3, -0.25) is 0 Å². The molecule has 0 amide bonds. The van der Waals surface area contributed by atoms with Crippen LogP contribution in [0, 0.1) is 6.92 Å². The van der Waals surface area contributed by atoms with E-state index in [1.807, 2.05) is 25.1 Å². The van der Waals surface area contributed by atoms with Crippen LogP contribution in [0.25, 0.3) is 11.1 Å². The highest BCUT2D eigenvalue weighted by Gasteiger charge is 2.09. The summed E-state index contributed by atoms with van der Waals surface area (Å²) in [6.45, 7) is 3.89. The first-order valence-corrected chi connectivity index (χ1v) is 7.49. The first-order valence-electron chi connectivity index (χ1n) is 5.83. The fourth-order valence-electron chi connectivity index (χ4n) is 1.73. The number of nitrogens with one attached hydrogen (secondary N) is 1. The second-order valence-corrected chi connectivity index (χ2v) is 6.10. The fraction of sp³-hybridized carbons (Fsp3) is 0.417. The highest BCUT2D eigenvalue weighted by Crippen LogP contribution is 2.16. The van der Waals surface area contributed by atoms with Crippen LogP contribution < -0.4 is 4.72 Å². The Balaban J connectivity index is 2.12. The van der Waals surface area contributed by atoms with Crippen LogP contribution in [0.1, 0.15) is 24.8 Å². The minimum atomic E-state index is -3.17. The summed E-state index contributed by atoms with van der Waals surface area (Å²) in [5.41, 5.74) is 2.32. The van der Waals surface area contributed by atoms with E-state index in [4.69, 9.17) is 4.42 Å². The lowest BCUT2D eigenvalue weighted by atomic mass is 10.2. The van der Waals surface area contributed by atoms with E-state index in [2.05, 4.69) is 9.71 Å². The Morgan fingerprint density at radius 1 is 1.39 bits per heavy atom. The number of fused-ring (bicyclic) bond motifs is 1. The Bertz CT molecular complexity index is 646. The van der Waals surface area contributed by atoms with Gasteiger partial charge in [0.15, 0.2) is 11.5 Å². The van der Waals surface area contributed by atoms with Gasteiger partial charge in [-0.2, -0.15) is 0 Å². The summed E-state index contributed by atoms with van der Waals surface area (Å²) in [7, 11) is -3.17. The van der Waals surface area contributed by atoms with Crippen LogP contribution in [0.2, 0.25) is 0 Å². The fourth-order valence-corrected chi connectivity index (χ4v) is 2.80. The standard InChI is InChI=1S/C12H16N2O3S/c1-3-6-18(15,16)13-8-10-4-5-11-12(7-10)17-9(2)14-11/h4-5,7,13H,3,6,8H2,1-2H3. The van der Waals surface area contributed by atoms with Crippen LogP contribution in [0.15, 0.2) is 22.6 Å². The highest BCUT2D eigenvalue weighted by atomic mass is 32.2. The molecule has 1 aromatic carbocycles. The molecule has 98 valence electrons. The molecule has 2 aromatic rings. The first kappa shape index (κ1) is 13.0. The van der Waals surface area contributed by atoms with Crippen molar-refractivity contribution in [2.75, 3.05) is 5.75 Å². The normalized spacial score (nSPS) is 12.1. The zero-order chi connectivity index (χ0) is 13.2. The van der Waals surface area contributed by atoms with Gasteiger partial charge in [0.1, 0.15) is 5.52 Å². The molecule has 0 aliphatic rings. The third-order valence-electron chi connectivity index (χ3n) is 2.53. The molecule has 0 saturated carbocycles. The molecule has 0 fully saturated rings. The summed E-state index contributed by atoms with van der Waals surface area (Å²) in [6.07, 6.45) is 0.607. The lowest BCUT2D eigenvalue weighted by Crippen LogP contribution is -2.25. The van der Waals surface area contributed by atoms with Gasteiger partial charge in [0.25, 0.3) is 0 Å². The zero-order valence-corrected chi connectivity index (χ0v) is 11.3. The highest BCUT2D eigenvalue weighted by molar-refractivity contribution is 7.89. The van der Waals surface area contributed by atoms with Gasteiger partial charge < -0.3 is 4.42 Å². The molecule has 2 rings (SSSR count). The smallest absolute Gasteiger partial charge is 0.211 e. The Kier molecular flexibility index (Phi) is 3.68. The minimum absolute atomic E-state index is 0.149. The van der Waals surface area contributed by atoms with E-state index in [-0.39, 0.29) is 12.3 Å². The second-order valence-electron chi connectivity index (χ2n) is 4.17. The van der Waals surface area contributed by atoms with Crippen LogP contribution in [-0.4, -0.2) is 19.2 Å². The average molecular weight is 268 g/mol. The van der Waals surface area contributed by atoms with Crippen molar-refractivity contribution in [3.05, 3.63) is 29.7 Å². The number of benzene rings is 1. The van der Waals surface area contributed by atoms with Gasteiger partial charge in [0.05, 0.1) is 5.75 Å². The number of oxazole rings is 1. The third kappa shape index (κ3) is 3.08. The van der Waals surface area contributed by atoms with E-state index in [0.29, 0.717) is 17.9 Å². The summed E-state index contributed by atoms with van der Waals surface area (Å²) in [5, 5.41) is 0. The number of hydrogen-bond donors (Lipinski definition) is 1. The Morgan fingerprint density at radius 3 is 2.89 bits per heavy atom. The third-order valence-corrected chi connectivity index (χ3v) is 4.06. The average Bonchev–Trinajstić information content (AvgIpc) is 2.65. The molecule has 0 saturated heterocycles. The number of hydrogen-bond acceptors (Lipinski definition) is 4. The molecule has 1 aromatic heterocycles. The molecule has 5 nitrogen and oxygen atoms in total. The van der Waals surface area contributed by atoms with Crippen molar-refractivity contribution in [3.8, 4) is 0 Å². The summed E-state index contributed by atoms with van der Waals surface area (Å²) in [6, 6.07) is 5.48. The van der Waals surface area contributed by atoms with Crippen LogP contribution in [0.4, 0.5) is 0 Å². The molecule has 6 heteroatoms. The van der Waals surface area contributed by atoms with Gasteiger partial charge in [0.2, 0.25) is 10.0 Å². The molecule has 0 atom stereocenters. The quantitative estimate of drug-likeness (QED) is 0.899. The van der Waals surface area contributed by atoms with Gasteiger partial charge >= 0.3 is 0 Å². The number of aromatic nitrogens is 1. The Hall–Kier alpha value is -1.40. The van der Waals surface area contributed by atoms with Gasteiger partial charge in [0, 0.05) is 13.5 Å². The molecular weight excluding hydrogens is 252 g/mol. The van der Waals surface area contributed by atoms with Crippen LogP contribution in [-0.2, 0) is 16.6 Å². The van der Waals surface area contributed by atoms with Crippen molar-refractivity contribution >= 4 is 21.1 Å². The molecule has 1 heterocycles. The van der Waals surface area contributed by atoms with Gasteiger partial charge in [-0.05, 0) is 24.1 Å². The molecular formula is C12H16N2O3S. The summed E-state index contributed by atoms with van der Waals surface area (Å²) in [4.78, 5) is 4.19. The Labute approximate surface area is 106 Å². The largest absolute Gasteiger partial charge is 0.441 e. The summed E-state index contributed by atoms with van der Waals surface area (Å²) < 4.78 is 31.0. The molecule has 0 bridgehead atoms. The SMILES string of the molecule is CCCS(=O)(=O)NCc1ccc2nc(C)oc2c1. The molecule has 0 aliphatic heterocycles. The number of sulfonamides is 1. The van der Waals surface area contributed by atoms with Gasteiger partial charge in [-0.15, -0.1) is 0 Å². The predicted molar refractivity (Wildman–Crippen MR) is 69.7 cm³/mol. The molecule has 18 heavy (non-hydrogen) atoms. The number of aryl methyl sites for hydroxylation is 1. The topological polar surface area (TPSA) is 72.2 Å². The van der Waals surface area contributed by atoms with E-state index < -0.39 is 10.0 Å². The summed E-state index contributed by atoms with van der Waals surface area (Å²) in [5.74, 6) is 0.755. The van der Waals surface area contributed by atoms with E-state index in [1.165, 1.54) is 0 Å². The zero-order valence-electron chi connectivity index (χ0n) is 10.4. The van der Waals surface area contributed by atoms with E-state index in [1.54, 1.807) is 6.92 Å². The maximum Gasteiger partial charge on any atom is 0.211 e. The first-order chi connectivity index (χ1) is 8.50. The van der Waals surface area contributed by atoms with E-state index in [0.717, 1.165) is 11.1 Å². The number of nitrogens with zero attached hydrogens (tertiary/aromatic N) is 1. The Morgan fingerprint density at radius 2 is 2.17 bits per heavy atom. The van der Waals surface area contributed by atoms with Gasteiger partial charge in [-0.1, -0.05) is 13.0 Å². The van der Waals surface area contributed by atoms with E-state index >= 15 is 0 Å². The van der Waals surface area contributed by atoms with Crippen LogP contribution in [0.5, 0.6) is 0 Å². The summed E-state index contributed by atoms with van der Waals surface area (Å²) >= 11 is 0. The van der Waals surface area contributed by atoms with Crippen molar-refractivity contribution < 1.29 is 12.8 Å². The lowest BCUT2D eigenvalue weighted by Gasteiger charge is -2.05. The molecule has 0 spiro atoms. The second kappa shape index (κ2) is 5.07. The van der Waals surface area contributed by atoms with E-state index in [9.17, 15) is 8.42 Å². The number of rotatable bonds is 5. The van der Waals surface area contributed by atoms with Crippen molar-refractivity contribution in [1.82, 2.24) is 9.71 Å². The van der Waals surface area contributed by atoms with Crippen molar-refractivity contribution in [2.45, 2.75) is 26.8 Å². The van der Waals surface area contributed by atoms with Gasteiger partial charge in [-0.25, -0.2) is 18.1 Å². The lowest BCUT2D eigenvalue weighted by molar-refractivity contribution is 0.560. The van der Waals surface area contributed by atoms with Crippen molar-refractivity contribution in [2.24, 2.45) is 0 Å². The minimum Gasteiger partial charge on any atom is -0.441 e. The van der Waals surface area contributed by atoms with Crippen LogP contribution >= 0.6 is 0 Å². The molecule has 0 aliphatic carbocycles. The monoisotopic (exact) mass is 268 g/mol. The van der Waals surface area contributed by atoms with Crippen LogP contribution in [0.3, 0.4) is 0 Å². The van der Waals surface area contributed by atoms with Crippen molar-refractivity contribution in [3.63, 3.8) is 0 Å². The maximum absolute atomic E-state index is 11.5.